The Balaban J connectivity index is 1.82. The highest BCUT2D eigenvalue weighted by Crippen LogP contribution is 2.24. The van der Waals surface area contributed by atoms with Gasteiger partial charge in [-0.3, -0.25) is 14.7 Å². The standard InChI is InChI=1S/C16H33N3/c1-13(2)17-8-10-18(11-9-17)16-6-7-19(14(3)4)15(5)12-16/h13-16H,6-12H2,1-5H3/t15-,16-/m0/s1. The van der Waals surface area contributed by atoms with E-state index in [0.717, 1.165) is 12.1 Å². The molecule has 0 spiro atoms. The fourth-order valence-corrected chi connectivity index (χ4v) is 3.88. The number of hydrogen-bond donors (Lipinski definition) is 0. The molecular weight excluding hydrogens is 234 g/mol. The van der Waals surface area contributed by atoms with Crippen molar-refractivity contribution in [2.75, 3.05) is 32.7 Å². The van der Waals surface area contributed by atoms with Gasteiger partial charge < -0.3 is 0 Å². The van der Waals surface area contributed by atoms with Crippen LogP contribution in [0, 0.1) is 0 Å². The first-order chi connectivity index (χ1) is 8.99. The van der Waals surface area contributed by atoms with Gasteiger partial charge in [0.2, 0.25) is 0 Å². The first-order valence-electron chi connectivity index (χ1n) is 8.23. The molecule has 0 bridgehead atoms. The molecule has 0 N–H and O–H groups in total. The highest BCUT2D eigenvalue weighted by Gasteiger charge is 2.32. The minimum Gasteiger partial charge on any atom is -0.298 e. The van der Waals surface area contributed by atoms with Crippen LogP contribution in [0.4, 0.5) is 0 Å². The molecule has 2 aliphatic rings. The molecule has 0 amide bonds. The monoisotopic (exact) mass is 267 g/mol. The summed E-state index contributed by atoms with van der Waals surface area (Å²) in [6, 6.07) is 3.00. The number of piperidine rings is 1. The van der Waals surface area contributed by atoms with Crippen LogP contribution < -0.4 is 0 Å². The average Bonchev–Trinajstić information content (AvgIpc) is 2.38. The quantitative estimate of drug-likeness (QED) is 0.777. The Labute approximate surface area is 119 Å². The van der Waals surface area contributed by atoms with E-state index in [4.69, 9.17) is 0 Å². The fraction of sp³-hybridized carbons (Fsp3) is 1.00. The predicted octanol–water partition coefficient (Wildman–Crippen LogP) is 2.27. The summed E-state index contributed by atoms with van der Waals surface area (Å²) in [5, 5.41) is 0. The SMILES string of the molecule is CC(C)N1CCN([C@H]2CCN(C(C)C)[C@@H](C)C2)CC1. The smallest absolute Gasteiger partial charge is 0.0123 e. The number of rotatable bonds is 3. The normalized spacial score (nSPS) is 32.4. The van der Waals surface area contributed by atoms with Crippen molar-refractivity contribution >= 4 is 0 Å². The lowest BCUT2D eigenvalue weighted by Gasteiger charge is -2.47. The van der Waals surface area contributed by atoms with Crippen molar-refractivity contribution in [2.24, 2.45) is 0 Å². The van der Waals surface area contributed by atoms with Crippen LogP contribution >= 0.6 is 0 Å². The Morgan fingerprint density at radius 1 is 0.842 bits per heavy atom. The topological polar surface area (TPSA) is 9.72 Å². The van der Waals surface area contributed by atoms with Gasteiger partial charge in [0.15, 0.2) is 0 Å². The van der Waals surface area contributed by atoms with Gasteiger partial charge in [0, 0.05) is 56.9 Å². The highest BCUT2D eigenvalue weighted by atomic mass is 15.3. The van der Waals surface area contributed by atoms with Crippen LogP contribution in [0.25, 0.3) is 0 Å². The van der Waals surface area contributed by atoms with Crippen molar-refractivity contribution < 1.29 is 0 Å². The van der Waals surface area contributed by atoms with Gasteiger partial charge in [-0.1, -0.05) is 0 Å². The Kier molecular flexibility index (Phi) is 5.27. The maximum atomic E-state index is 2.76. The van der Waals surface area contributed by atoms with E-state index < -0.39 is 0 Å². The number of hydrogen-bond acceptors (Lipinski definition) is 3. The maximum absolute atomic E-state index is 2.76. The number of likely N-dealkylation sites (tertiary alicyclic amines) is 1. The molecule has 112 valence electrons. The molecule has 0 aliphatic carbocycles. The molecule has 2 heterocycles. The summed E-state index contributed by atoms with van der Waals surface area (Å²) >= 11 is 0. The third kappa shape index (κ3) is 3.71. The summed E-state index contributed by atoms with van der Waals surface area (Å²) < 4.78 is 0. The van der Waals surface area contributed by atoms with E-state index >= 15 is 0 Å². The van der Waals surface area contributed by atoms with Gasteiger partial charge in [0.25, 0.3) is 0 Å². The van der Waals surface area contributed by atoms with E-state index in [0.29, 0.717) is 12.1 Å². The molecule has 2 saturated heterocycles. The summed E-state index contributed by atoms with van der Waals surface area (Å²) in [6.07, 6.45) is 2.73. The predicted molar refractivity (Wildman–Crippen MR) is 82.6 cm³/mol. The van der Waals surface area contributed by atoms with Gasteiger partial charge >= 0.3 is 0 Å². The molecule has 0 aromatic carbocycles. The maximum Gasteiger partial charge on any atom is 0.0123 e. The lowest BCUT2D eigenvalue weighted by atomic mass is 9.95. The minimum atomic E-state index is 0.703. The molecular formula is C16H33N3. The molecule has 0 saturated carbocycles. The van der Waals surface area contributed by atoms with Crippen LogP contribution in [0.1, 0.15) is 47.5 Å². The number of nitrogens with zero attached hydrogens (tertiary/aromatic N) is 3. The second-order valence-corrected chi connectivity index (χ2v) is 7.02. The Morgan fingerprint density at radius 2 is 1.47 bits per heavy atom. The van der Waals surface area contributed by atoms with Gasteiger partial charge in [-0.2, -0.15) is 0 Å². The van der Waals surface area contributed by atoms with Crippen molar-refractivity contribution in [1.29, 1.82) is 0 Å². The van der Waals surface area contributed by atoms with Crippen LogP contribution in [-0.2, 0) is 0 Å². The lowest BCUT2D eigenvalue weighted by Crippen LogP contribution is -2.56. The van der Waals surface area contributed by atoms with Crippen molar-refractivity contribution in [3.05, 3.63) is 0 Å². The zero-order chi connectivity index (χ0) is 14.0. The van der Waals surface area contributed by atoms with Crippen LogP contribution in [0.15, 0.2) is 0 Å². The average molecular weight is 267 g/mol. The van der Waals surface area contributed by atoms with E-state index in [1.807, 2.05) is 0 Å². The minimum absolute atomic E-state index is 0.703. The summed E-state index contributed by atoms with van der Waals surface area (Å²) in [5.41, 5.74) is 0. The molecule has 0 radical (unpaired) electrons. The first kappa shape index (κ1) is 15.3. The van der Waals surface area contributed by atoms with Gasteiger partial charge in [0.1, 0.15) is 0 Å². The van der Waals surface area contributed by atoms with Crippen LogP contribution in [0.5, 0.6) is 0 Å². The van der Waals surface area contributed by atoms with E-state index in [-0.39, 0.29) is 0 Å². The van der Waals surface area contributed by atoms with E-state index in [2.05, 4.69) is 49.3 Å². The van der Waals surface area contributed by atoms with E-state index in [1.165, 1.54) is 45.6 Å². The van der Waals surface area contributed by atoms with Crippen LogP contribution in [0.3, 0.4) is 0 Å². The van der Waals surface area contributed by atoms with Crippen LogP contribution in [0.2, 0.25) is 0 Å². The second-order valence-electron chi connectivity index (χ2n) is 7.02. The molecule has 3 nitrogen and oxygen atoms in total. The van der Waals surface area contributed by atoms with Gasteiger partial charge in [-0.15, -0.1) is 0 Å². The molecule has 2 atom stereocenters. The summed E-state index contributed by atoms with van der Waals surface area (Å²) in [5.74, 6) is 0. The molecule has 19 heavy (non-hydrogen) atoms. The second kappa shape index (κ2) is 6.55. The Bertz CT molecular complexity index is 269. The third-order valence-electron chi connectivity index (χ3n) is 5.16. The zero-order valence-corrected chi connectivity index (χ0v) is 13.6. The lowest BCUT2D eigenvalue weighted by molar-refractivity contribution is 0.0217. The Morgan fingerprint density at radius 3 is 1.95 bits per heavy atom. The Hall–Kier alpha value is -0.120. The molecule has 0 aromatic rings. The molecule has 3 heteroatoms. The van der Waals surface area contributed by atoms with Gasteiger partial charge in [-0.05, 0) is 47.5 Å². The summed E-state index contributed by atoms with van der Waals surface area (Å²) in [7, 11) is 0. The van der Waals surface area contributed by atoms with Gasteiger partial charge in [0.05, 0.1) is 0 Å². The van der Waals surface area contributed by atoms with Crippen LogP contribution in [-0.4, -0.2) is 71.6 Å². The van der Waals surface area contributed by atoms with Crippen molar-refractivity contribution in [3.8, 4) is 0 Å². The first-order valence-corrected chi connectivity index (χ1v) is 8.23. The molecule has 0 unspecified atom stereocenters. The summed E-state index contributed by atoms with van der Waals surface area (Å²) in [6.45, 7) is 18.1. The van der Waals surface area contributed by atoms with E-state index in [1.54, 1.807) is 0 Å². The molecule has 2 rings (SSSR count). The fourth-order valence-electron chi connectivity index (χ4n) is 3.88. The zero-order valence-electron chi connectivity index (χ0n) is 13.6. The highest BCUT2D eigenvalue weighted by molar-refractivity contribution is 4.88. The molecule has 2 fully saturated rings. The van der Waals surface area contributed by atoms with E-state index in [9.17, 15) is 0 Å². The van der Waals surface area contributed by atoms with Crippen molar-refractivity contribution in [1.82, 2.24) is 14.7 Å². The molecule has 0 aromatic heterocycles. The van der Waals surface area contributed by atoms with Gasteiger partial charge in [-0.25, -0.2) is 0 Å². The molecule has 2 aliphatic heterocycles. The van der Waals surface area contributed by atoms with Crippen molar-refractivity contribution in [3.63, 3.8) is 0 Å². The summed E-state index contributed by atoms with van der Waals surface area (Å²) in [4.78, 5) is 8.04. The largest absolute Gasteiger partial charge is 0.298 e. The van der Waals surface area contributed by atoms with Crippen molar-refractivity contribution in [2.45, 2.75) is 71.6 Å². The number of piperazine rings is 1. The third-order valence-corrected chi connectivity index (χ3v) is 5.16.